The minimum atomic E-state index is -1.20. The van der Waals surface area contributed by atoms with Crippen molar-refractivity contribution in [2.75, 3.05) is 7.11 Å². The maximum Gasteiger partial charge on any atom is 0.313 e. The smallest absolute Gasteiger partial charge is 0.313 e. The number of carbonyl (C=O) groups is 2. The fourth-order valence-electron chi connectivity index (χ4n) is 12.6. The molecule has 5 saturated carbocycles. The zero-order valence-corrected chi connectivity index (χ0v) is 27.6. The maximum atomic E-state index is 17.5. The predicted octanol–water partition coefficient (Wildman–Crippen LogP) is 8.77. The number of Topliss-reactive ketones (excluding diaryl/α,β-unsaturated/α-hetero) is 1. The van der Waals surface area contributed by atoms with Gasteiger partial charge in [0.1, 0.15) is 11.9 Å². The lowest BCUT2D eigenvalue weighted by molar-refractivity contribution is -0.299. The van der Waals surface area contributed by atoms with Crippen LogP contribution in [-0.4, -0.2) is 30.6 Å². The second-order valence-electron chi connectivity index (χ2n) is 17.5. The third kappa shape index (κ3) is 3.43. The summed E-state index contributed by atoms with van der Waals surface area (Å²) in [6, 6.07) is 7.87. The van der Waals surface area contributed by atoms with Gasteiger partial charge in [0.25, 0.3) is 0 Å². The number of hydrogen-bond acceptors (Lipinski definition) is 4. The van der Waals surface area contributed by atoms with Gasteiger partial charge in [-0.2, -0.15) is 0 Å². The first-order chi connectivity index (χ1) is 20.0. The van der Waals surface area contributed by atoms with Gasteiger partial charge in [0, 0.05) is 16.7 Å². The van der Waals surface area contributed by atoms with E-state index in [1.807, 2.05) is 24.3 Å². The van der Waals surface area contributed by atoms with Crippen LogP contribution < -0.4 is 4.74 Å². The number of allylic oxidation sites excluding steroid dienone is 1. The minimum Gasteiger partial charge on any atom is -0.497 e. The van der Waals surface area contributed by atoms with Crippen LogP contribution in [0.1, 0.15) is 112 Å². The molecule has 1 aliphatic heterocycles. The molecule has 1 aromatic rings. The van der Waals surface area contributed by atoms with Gasteiger partial charge in [-0.1, -0.05) is 60.6 Å². The van der Waals surface area contributed by atoms with Crippen LogP contribution in [0, 0.1) is 50.2 Å². The Morgan fingerprint density at radius 3 is 2.23 bits per heavy atom. The van der Waals surface area contributed by atoms with Crippen molar-refractivity contribution >= 4 is 17.8 Å². The van der Waals surface area contributed by atoms with E-state index in [1.54, 1.807) is 7.11 Å². The van der Waals surface area contributed by atoms with Gasteiger partial charge in [-0.3, -0.25) is 9.59 Å². The fraction of sp³-hybridized carbons (Fsp3) is 0.737. The van der Waals surface area contributed by atoms with Crippen molar-refractivity contribution in [1.82, 2.24) is 0 Å². The summed E-state index contributed by atoms with van der Waals surface area (Å²) in [7, 11) is 1.66. The molecule has 5 heteroatoms. The van der Waals surface area contributed by atoms with Crippen molar-refractivity contribution in [3.63, 3.8) is 0 Å². The molecule has 0 unspecified atom stereocenters. The van der Waals surface area contributed by atoms with Crippen LogP contribution in [-0.2, 0) is 14.3 Å². The molecule has 1 spiro atoms. The summed E-state index contributed by atoms with van der Waals surface area (Å²) in [5, 5.41) is 0. The van der Waals surface area contributed by atoms with Gasteiger partial charge in [0.05, 0.1) is 12.5 Å². The molecule has 0 amide bonds. The largest absolute Gasteiger partial charge is 0.497 e. The lowest BCUT2D eigenvalue weighted by atomic mass is 9.30. The average molecular weight is 591 g/mol. The second kappa shape index (κ2) is 8.75. The number of ketones is 1. The molecule has 0 N–H and O–H groups in total. The second-order valence-corrected chi connectivity index (χ2v) is 17.5. The molecule has 1 heterocycles. The van der Waals surface area contributed by atoms with Crippen molar-refractivity contribution in [2.45, 2.75) is 118 Å². The van der Waals surface area contributed by atoms with Gasteiger partial charge >= 0.3 is 5.97 Å². The monoisotopic (exact) mass is 590 g/mol. The molecular weight excluding hydrogens is 539 g/mol. The van der Waals surface area contributed by atoms with Crippen molar-refractivity contribution in [2.24, 2.45) is 50.2 Å². The average Bonchev–Trinajstić information content (AvgIpc) is 3.13. The van der Waals surface area contributed by atoms with Crippen LogP contribution in [0.15, 0.2) is 29.8 Å². The molecule has 6 aliphatic rings. The van der Waals surface area contributed by atoms with E-state index in [-0.39, 0.29) is 45.8 Å². The van der Waals surface area contributed by atoms with E-state index in [0.717, 1.165) is 61.8 Å². The van der Waals surface area contributed by atoms with E-state index in [4.69, 9.17) is 9.47 Å². The topological polar surface area (TPSA) is 52.6 Å². The number of ether oxygens (including phenoxy) is 2. The lowest BCUT2D eigenvalue weighted by Crippen LogP contribution is -2.75. The highest BCUT2D eigenvalue weighted by molar-refractivity contribution is 6.04. The number of halogens is 1. The van der Waals surface area contributed by atoms with E-state index in [9.17, 15) is 9.59 Å². The predicted molar refractivity (Wildman–Crippen MR) is 166 cm³/mol. The molecule has 4 nitrogen and oxygen atoms in total. The molecule has 1 saturated heterocycles. The van der Waals surface area contributed by atoms with Crippen molar-refractivity contribution in [1.29, 1.82) is 0 Å². The van der Waals surface area contributed by atoms with Crippen LogP contribution in [0.4, 0.5) is 4.39 Å². The van der Waals surface area contributed by atoms with Gasteiger partial charge in [0.15, 0.2) is 11.4 Å². The highest BCUT2D eigenvalue weighted by Crippen LogP contribution is 2.81. The molecule has 0 radical (unpaired) electrons. The number of esters is 1. The fourth-order valence-corrected chi connectivity index (χ4v) is 12.6. The van der Waals surface area contributed by atoms with E-state index >= 15 is 4.39 Å². The van der Waals surface area contributed by atoms with Gasteiger partial charge < -0.3 is 9.47 Å². The Morgan fingerprint density at radius 2 is 1.56 bits per heavy atom. The summed E-state index contributed by atoms with van der Waals surface area (Å²) in [6.45, 7) is 15.9. The van der Waals surface area contributed by atoms with Crippen LogP contribution in [0.3, 0.4) is 0 Å². The highest BCUT2D eigenvalue weighted by atomic mass is 19.1. The molecule has 2 bridgehead atoms. The van der Waals surface area contributed by atoms with Crippen LogP contribution in [0.25, 0.3) is 6.08 Å². The van der Waals surface area contributed by atoms with Crippen molar-refractivity contribution < 1.29 is 23.5 Å². The van der Waals surface area contributed by atoms with Crippen LogP contribution in [0.5, 0.6) is 5.75 Å². The Bertz CT molecular complexity index is 1410. The first-order valence-electron chi connectivity index (χ1n) is 16.8. The molecule has 0 aromatic heterocycles. The molecule has 1 aromatic carbocycles. The number of hydrogen-bond donors (Lipinski definition) is 0. The molecule has 5 aliphatic carbocycles. The zero-order valence-electron chi connectivity index (χ0n) is 27.6. The first-order valence-corrected chi connectivity index (χ1v) is 16.8. The van der Waals surface area contributed by atoms with Crippen LogP contribution in [0.2, 0.25) is 0 Å². The quantitative estimate of drug-likeness (QED) is 0.255. The summed E-state index contributed by atoms with van der Waals surface area (Å²) < 4.78 is 29.5. The number of rotatable bonds is 2. The highest BCUT2D eigenvalue weighted by Gasteiger charge is 2.84. The number of alkyl halides is 1. The Morgan fingerprint density at radius 1 is 0.884 bits per heavy atom. The molecule has 234 valence electrons. The van der Waals surface area contributed by atoms with Gasteiger partial charge in [-0.05, 0) is 115 Å². The normalized spacial score (nSPS) is 48.4. The van der Waals surface area contributed by atoms with E-state index in [0.29, 0.717) is 12.8 Å². The Hall–Kier alpha value is -2.17. The van der Waals surface area contributed by atoms with Crippen molar-refractivity contribution in [3.8, 4) is 5.75 Å². The van der Waals surface area contributed by atoms with Crippen molar-refractivity contribution in [3.05, 3.63) is 35.4 Å². The third-order valence-electron chi connectivity index (χ3n) is 15.0. The van der Waals surface area contributed by atoms with Gasteiger partial charge in [0.2, 0.25) is 0 Å². The molecule has 7 rings (SSSR count). The number of benzene rings is 1. The van der Waals surface area contributed by atoms with E-state index in [1.165, 1.54) is 0 Å². The maximum absolute atomic E-state index is 17.5. The molecule has 43 heavy (non-hydrogen) atoms. The SMILES string of the molecule is COc1ccc(/C=C2\C[C@]3(C)[C@H]4C[C@@H](F)[C@]56OC(=O)[C@@]7(CCC(C)(C)C[C@H]75)CC[C@@]6(C)[C@]4(C)CC[C@H]3C(C)(C)C2=O)cc1. The number of fused-ring (bicyclic) bond motifs is 4. The van der Waals surface area contributed by atoms with E-state index < -0.39 is 28.0 Å². The molecule has 9 atom stereocenters. The standard InChI is InChI=1S/C38H51FO4/c1-32(2)15-17-37-18-16-36(7)35(6)14-13-26-33(3,4)30(40)24(19-23-9-11-25(42-8)12-10-23)21-34(26,5)27(35)20-29(39)38(36,28(37)22-32)43-31(37)41/h9-12,19,26-29H,13-18,20-22H2,1-8H3/b24-19+/t26-,27+,28+,29+,34-,35+,36-,37-,38+/m0/s1. The molecule has 6 fully saturated rings. The summed E-state index contributed by atoms with van der Waals surface area (Å²) >= 11 is 0. The van der Waals surface area contributed by atoms with Gasteiger partial charge in [-0.15, -0.1) is 0 Å². The molecular formula is C38H51FO4. The van der Waals surface area contributed by atoms with Crippen LogP contribution >= 0.6 is 0 Å². The summed E-state index contributed by atoms with van der Waals surface area (Å²) in [6.07, 6.45) is 8.12. The number of carbonyl (C=O) groups excluding carboxylic acids is 2. The summed E-state index contributed by atoms with van der Waals surface area (Å²) in [4.78, 5) is 28.0. The minimum absolute atomic E-state index is 0.0665. The zero-order chi connectivity index (χ0) is 31.0. The Balaban J connectivity index is 1.33. The lowest BCUT2D eigenvalue weighted by Gasteiger charge is -2.74. The van der Waals surface area contributed by atoms with E-state index in [2.05, 4.69) is 54.5 Å². The summed E-state index contributed by atoms with van der Waals surface area (Å²) in [5.41, 5.74) is -1.12. The third-order valence-corrected chi connectivity index (χ3v) is 15.0. The Labute approximate surface area is 257 Å². The number of methoxy groups -OCH3 is 1. The van der Waals surface area contributed by atoms with Gasteiger partial charge in [-0.25, -0.2) is 4.39 Å². The summed E-state index contributed by atoms with van der Waals surface area (Å²) in [5.74, 6) is 1.08. The Kier molecular flexibility index (Phi) is 6.01. The first kappa shape index (κ1) is 29.5.